The van der Waals surface area contributed by atoms with Crippen LogP contribution in [-0.4, -0.2) is 20.6 Å². The van der Waals surface area contributed by atoms with Crippen LogP contribution in [0.1, 0.15) is 44.1 Å². The van der Waals surface area contributed by atoms with Crippen LogP contribution >= 0.6 is 0 Å². The van der Waals surface area contributed by atoms with Crippen molar-refractivity contribution < 1.29 is 5.11 Å². The number of imidazole rings is 1. The van der Waals surface area contributed by atoms with Crippen molar-refractivity contribution >= 4 is 5.65 Å². The monoisotopic (exact) mass is 244 g/mol. The Morgan fingerprint density at radius 3 is 2.78 bits per heavy atom. The number of aromatic nitrogens is 2. The molecule has 0 radical (unpaired) electrons. The number of pyridine rings is 1. The molecule has 0 aromatic carbocycles. The summed E-state index contributed by atoms with van der Waals surface area (Å²) >= 11 is 0. The zero-order valence-corrected chi connectivity index (χ0v) is 10.8. The fourth-order valence-corrected chi connectivity index (χ4v) is 3.11. The van der Waals surface area contributed by atoms with E-state index in [0.717, 1.165) is 18.5 Å². The van der Waals surface area contributed by atoms with Gasteiger partial charge in [-0.25, -0.2) is 4.98 Å². The van der Waals surface area contributed by atoms with Gasteiger partial charge < -0.3 is 9.51 Å². The highest BCUT2D eigenvalue weighted by atomic mass is 16.3. The zero-order chi connectivity index (χ0) is 12.5. The maximum absolute atomic E-state index is 9.64. The van der Waals surface area contributed by atoms with E-state index in [1.165, 1.54) is 18.4 Å². The molecule has 1 fully saturated rings. The fraction of sp³-hybridized carbons (Fsp3) is 0.533. The molecule has 18 heavy (non-hydrogen) atoms. The van der Waals surface area contributed by atoms with E-state index in [2.05, 4.69) is 27.7 Å². The van der Waals surface area contributed by atoms with Crippen molar-refractivity contribution in [2.45, 2.75) is 44.6 Å². The Morgan fingerprint density at radius 2 is 2.06 bits per heavy atom. The molecular formula is C15H20N2O. The standard InChI is InChI=1S/C15H20N2O/c1-11(18)12-2-4-13(5-3-12)14-6-7-15-16-8-9-17(15)10-14/h6-13,18H,2-5H2,1H3. The Labute approximate surface area is 107 Å². The van der Waals surface area contributed by atoms with Gasteiger partial charge in [0, 0.05) is 18.6 Å². The number of aliphatic hydroxyl groups is 1. The van der Waals surface area contributed by atoms with Gasteiger partial charge in [0.25, 0.3) is 0 Å². The number of aliphatic hydroxyl groups excluding tert-OH is 1. The lowest BCUT2D eigenvalue weighted by Crippen LogP contribution is -2.22. The maximum atomic E-state index is 9.64. The topological polar surface area (TPSA) is 37.5 Å². The minimum absolute atomic E-state index is 0.151. The van der Waals surface area contributed by atoms with Crippen LogP contribution in [0.5, 0.6) is 0 Å². The first-order valence-electron chi connectivity index (χ1n) is 6.85. The molecule has 96 valence electrons. The third-order valence-electron chi connectivity index (χ3n) is 4.34. The van der Waals surface area contributed by atoms with Crippen molar-refractivity contribution in [1.82, 2.24) is 9.38 Å². The van der Waals surface area contributed by atoms with Crippen LogP contribution in [0.3, 0.4) is 0 Å². The predicted octanol–water partition coefficient (Wildman–Crippen LogP) is 2.99. The molecule has 0 spiro atoms. The van der Waals surface area contributed by atoms with Crippen LogP contribution in [0.4, 0.5) is 0 Å². The number of hydrogen-bond acceptors (Lipinski definition) is 2. The Kier molecular flexibility index (Phi) is 3.08. The van der Waals surface area contributed by atoms with Crippen LogP contribution in [0, 0.1) is 5.92 Å². The van der Waals surface area contributed by atoms with E-state index in [0.29, 0.717) is 11.8 Å². The van der Waals surface area contributed by atoms with E-state index in [1.807, 2.05) is 19.3 Å². The quantitative estimate of drug-likeness (QED) is 0.881. The van der Waals surface area contributed by atoms with Crippen LogP contribution < -0.4 is 0 Å². The van der Waals surface area contributed by atoms with Crippen LogP contribution in [0.25, 0.3) is 5.65 Å². The second-order valence-electron chi connectivity index (χ2n) is 5.51. The molecule has 3 rings (SSSR count). The molecule has 2 heterocycles. The lowest BCUT2D eigenvalue weighted by Gasteiger charge is -2.30. The number of nitrogens with zero attached hydrogens (tertiary/aromatic N) is 2. The van der Waals surface area contributed by atoms with Gasteiger partial charge in [-0.3, -0.25) is 0 Å². The van der Waals surface area contributed by atoms with E-state index < -0.39 is 0 Å². The SMILES string of the molecule is CC(O)C1CCC(c2ccc3nccn3c2)CC1. The molecule has 1 saturated carbocycles. The molecule has 0 amide bonds. The van der Waals surface area contributed by atoms with Crippen molar-refractivity contribution in [3.05, 3.63) is 36.3 Å². The summed E-state index contributed by atoms with van der Waals surface area (Å²) in [7, 11) is 0. The first-order chi connectivity index (χ1) is 8.74. The summed E-state index contributed by atoms with van der Waals surface area (Å²) in [5.74, 6) is 1.14. The molecule has 3 heteroatoms. The predicted molar refractivity (Wildman–Crippen MR) is 71.6 cm³/mol. The summed E-state index contributed by atoms with van der Waals surface area (Å²) < 4.78 is 2.09. The Bertz CT molecular complexity index is 524. The Hall–Kier alpha value is -1.35. The largest absolute Gasteiger partial charge is 0.393 e. The van der Waals surface area contributed by atoms with Crippen molar-refractivity contribution in [3.63, 3.8) is 0 Å². The summed E-state index contributed by atoms with van der Waals surface area (Å²) in [6.45, 7) is 1.92. The summed E-state index contributed by atoms with van der Waals surface area (Å²) in [5, 5.41) is 9.64. The van der Waals surface area contributed by atoms with Gasteiger partial charge in [-0.2, -0.15) is 0 Å². The van der Waals surface area contributed by atoms with Crippen molar-refractivity contribution in [2.24, 2.45) is 5.92 Å². The van der Waals surface area contributed by atoms with Gasteiger partial charge >= 0.3 is 0 Å². The summed E-state index contributed by atoms with van der Waals surface area (Å²) in [6, 6.07) is 4.30. The molecule has 0 aliphatic heterocycles. The second-order valence-corrected chi connectivity index (χ2v) is 5.51. The molecule has 3 nitrogen and oxygen atoms in total. The third kappa shape index (κ3) is 2.15. The molecule has 0 bridgehead atoms. The van der Waals surface area contributed by atoms with Gasteiger partial charge in [0.2, 0.25) is 0 Å². The van der Waals surface area contributed by atoms with E-state index >= 15 is 0 Å². The molecule has 0 saturated heterocycles. The number of rotatable bonds is 2. The van der Waals surface area contributed by atoms with Gasteiger partial charge in [0.05, 0.1) is 6.10 Å². The normalized spacial score (nSPS) is 26.3. The molecule has 1 N–H and O–H groups in total. The second kappa shape index (κ2) is 4.73. The smallest absolute Gasteiger partial charge is 0.136 e. The first-order valence-corrected chi connectivity index (χ1v) is 6.85. The van der Waals surface area contributed by atoms with Crippen molar-refractivity contribution in [3.8, 4) is 0 Å². The van der Waals surface area contributed by atoms with E-state index in [9.17, 15) is 5.11 Å². The summed E-state index contributed by atoms with van der Waals surface area (Å²) in [4.78, 5) is 4.27. The Balaban J connectivity index is 1.75. The molecule has 1 aliphatic carbocycles. The van der Waals surface area contributed by atoms with Crippen molar-refractivity contribution in [2.75, 3.05) is 0 Å². The minimum Gasteiger partial charge on any atom is -0.393 e. The molecule has 2 aromatic heterocycles. The third-order valence-corrected chi connectivity index (χ3v) is 4.34. The lowest BCUT2D eigenvalue weighted by atomic mass is 9.77. The van der Waals surface area contributed by atoms with Gasteiger partial charge in [0.1, 0.15) is 5.65 Å². The van der Waals surface area contributed by atoms with Crippen LogP contribution in [0.2, 0.25) is 0 Å². The number of fused-ring (bicyclic) bond motifs is 1. The van der Waals surface area contributed by atoms with Crippen LogP contribution in [-0.2, 0) is 0 Å². The lowest BCUT2D eigenvalue weighted by molar-refractivity contribution is 0.0967. The van der Waals surface area contributed by atoms with Gasteiger partial charge in [0.15, 0.2) is 0 Å². The average Bonchev–Trinajstić information content (AvgIpc) is 2.86. The Morgan fingerprint density at radius 1 is 1.28 bits per heavy atom. The molecule has 2 aromatic rings. The van der Waals surface area contributed by atoms with E-state index in [1.54, 1.807) is 0 Å². The van der Waals surface area contributed by atoms with Gasteiger partial charge in [-0.05, 0) is 56.1 Å². The van der Waals surface area contributed by atoms with Crippen LogP contribution in [0.15, 0.2) is 30.7 Å². The molecule has 1 atom stereocenters. The zero-order valence-electron chi connectivity index (χ0n) is 10.8. The fourth-order valence-electron chi connectivity index (χ4n) is 3.11. The highest BCUT2D eigenvalue weighted by molar-refractivity contribution is 5.40. The van der Waals surface area contributed by atoms with Crippen molar-refractivity contribution in [1.29, 1.82) is 0 Å². The van der Waals surface area contributed by atoms with E-state index in [-0.39, 0.29) is 6.10 Å². The van der Waals surface area contributed by atoms with Gasteiger partial charge in [-0.15, -0.1) is 0 Å². The summed E-state index contributed by atoms with van der Waals surface area (Å²) in [5.41, 5.74) is 2.42. The summed E-state index contributed by atoms with van der Waals surface area (Å²) in [6.07, 6.45) is 10.6. The molecule has 1 aliphatic rings. The average molecular weight is 244 g/mol. The molecular weight excluding hydrogens is 224 g/mol. The highest BCUT2D eigenvalue weighted by Crippen LogP contribution is 2.36. The highest BCUT2D eigenvalue weighted by Gasteiger charge is 2.25. The molecule has 1 unspecified atom stereocenters. The number of hydrogen-bond donors (Lipinski definition) is 1. The first kappa shape index (κ1) is 11.7. The maximum Gasteiger partial charge on any atom is 0.136 e. The van der Waals surface area contributed by atoms with E-state index in [4.69, 9.17) is 0 Å². The minimum atomic E-state index is -0.151. The van der Waals surface area contributed by atoms with Gasteiger partial charge in [-0.1, -0.05) is 6.07 Å².